The molecule has 0 bridgehead atoms. The molecule has 0 unspecified atom stereocenters. The highest BCUT2D eigenvalue weighted by Crippen LogP contribution is 2.20. The van der Waals surface area contributed by atoms with Crippen LogP contribution in [0.3, 0.4) is 0 Å². The number of aromatic nitrogens is 2. The van der Waals surface area contributed by atoms with Crippen LogP contribution in [-0.4, -0.2) is 57.3 Å². The number of methoxy groups -OCH3 is 2. The fourth-order valence-electron chi connectivity index (χ4n) is 2.77. The Kier molecular flexibility index (Phi) is 6.80. The van der Waals surface area contributed by atoms with E-state index in [0.29, 0.717) is 0 Å². The van der Waals surface area contributed by atoms with Crippen LogP contribution >= 0.6 is 0 Å². The molecule has 0 fully saturated rings. The third kappa shape index (κ3) is 5.07. The van der Waals surface area contributed by atoms with E-state index in [1.165, 1.54) is 44.6 Å². The van der Waals surface area contributed by atoms with E-state index in [-0.39, 0.29) is 45.7 Å². The molecular weight excluding hydrogens is 444 g/mol. The summed E-state index contributed by atoms with van der Waals surface area (Å²) in [6, 6.07) is 8.27. The monoisotopic (exact) mass is 462 g/mol. The number of carbonyl (C=O) groups is 3. The van der Waals surface area contributed by atoms with Crippen LogP contribution in [0.4, 0.5) is 5.69 Å². The van der Waals surface area contributed by atoms with Gasteiger partial charge >= 0.3 is 11.9 Å². The fourth-order valence-corrected chi connectivity index (χ4v) is 3.95. The van der Waals surface area contributed by atoms with Crippen molar-refractivity contribution in [2.45, 2.75) is 11.3 Å². The van der Waals surface area contributed by atoms with Crippen molar-refractivity contribution in [3.05, 3.63) is 47.5 Å². The number of esters is 2. The number of fused-ring (bicyclic) bond motifs is 1. The summed E-state index contributed by atoms with van der Waals surface area (Å²) in [5.74, 6) is -1.99. The van der Waals surface area contributed by atoms with E-state index in [9.17, 15) is 22.8 Å². The lowest BCUT2D eigenvalue weighted by Gasteiger charge is -2.10. The lowest BCUT2D eigenvalue weighted by atomic mass is 10.1. The molecule has 1 heterocycles. The van der Waals surface area contributed by atoms with E-state index in [2.05, 4.69) is 34.5 Å². The predicted octanol–water partition coefficient (Wildman–Crippen LogP) is 1.10. The van der Waals surface area contributed by atoms with Crippen molar-refractivity contribution in [3.8, 4) is 0 Å². The van der Waals surface area contributed by atoms with Gasteiger partial charge in [0.05, 0.1) is 25.3 Å². The van der Waals surface area contributed by atoms with E-state index in [1.807, 2.05) is 0 Å². The minimum absolute atomic E-state index is 0.0284. The number of nitrogens with zero attached hydrogens (tertiary/aromatic N) is 2. The van der Waals surface area contributed by atoms with Gasteiger partial charge in [0.1, 0.15) is 10.4 Å². The molecule has 13 heteroatoms. The first-order valence-corrected chi connectivity index (χ1v) is 10.6. The number of sulfonamides is 1. The highest BCUT2D eigenvalue weighted by atomic mass is 32.2. The molecule has 0 aliphatic heterocycles. The molecule has 1 aromatic heterocycles. The quantitative estimate of drug-likeness (QED) is 0.463. The molecule has 0 spiro atoms. The number of amides is 1. The van der Waals surface area contributed by atoms with Crippen LogP contribution in [0, 0.1) is 0 Å². The smallest absolute Gasteiger partial charge is 0.337 e. The second-order valence-corrected chi connectivity index (χ2v) is 8.10. The van der Waals surface area contributed by atoms with Crippen LogP contribution in [0.2, 0.25) is 0 Å². The average molecular weight is 462 g/mol. The van der Waals surface area contributed by atoms with Gasteiger partial charge in [-0.15, -0.1) is 0 Å². The summed E-state index contributed by atoms with van der Waals surface area (Å²) in [4.78, 5) is 35.8. The van der Waals surface area contributed by atoms with Crippen LogP contribution in [0.25, 0.3) is 11.0 Å². The molecular formula is C19H18N4O8S. The minimum Gasteiger partial charge on any atom is -0.465 e. The van der Waals surface area contributed by atoms with Crippen LogP contribution in [-0.2, 0) is 24.3 Å². The largest absolute Gasteiger partial charge is 0.465 e. The molecule has 0 saturated carbocycles. The van der Waals surface area contributed by atoms with Gasteiger partial charge < -0.3 is 14.8 Å². The van der Waals surface area contributed by atoms with E-state index < -0.39 is 27.9 Å². The first-order chi connectivity index (χ1) is 15.2. The summed E-state index contributed by atoms with van der Waals surface area (Å²) in [5, 5.41) is 9.68. The molecule has 0 aliphatic carbocycles. The van der Waals surface area contributed by atoms with Gasteiger partial charge in [0.2, 0.25) is 15.9 Å². The summed E-state index contributed by atoms with van der Waals surface area (Å²) in [7, 11) is -1.64. The number of ether oxygens (including phenoxy) is 2. The van der Waals surface area contributed by atoms with E-state index in [0.717, 1.165) is 0 Å². The van der Waals surface area contributed by atoms with Crippen LogP contribution < -0.4 is 10.0 Å². The SMILES string of the molecule is COC(=O)c1cc(NC(=O)CCNS(=O)(=O)c2cccc3nonc23)cc(C(=O)OC)c1. The Morgan fingerprint density at radius 1 is 1.00 bits per heavy atom. The standard InChI is InChI=1S/C19H18N4O8S/c1-29-18(25)11-8-12(19(26)30-2)10-13(9-11)21-16(24)6-7-20-32(27,28)15-5-3-4-14-17(15)23-31-22-14/h3-5,8-10,20H,6-7H2,1-2H3,(H,21,24). The zero-order valence-corrected chi connectivity index (χ0v) is 17.8. The Balaban J connectivity index is 1.67. The molecule has 0 aliphatic rings. The van der Waals surface area contributed by atoms with Gasteiger partial charge in [-0.3, -0.25) is 4.79 Å². The number of carbonyl (C=O) groups excluding carboxylic acids is 3. The summed E-state index contributed by atoms with van der Waals surface area (Å²) < 4.78 is 41.2. The van der Waals surface area contributed by atoms with Crippen molar-refractivity contribution >= 4 is 44.6 Å². The van der Waals surface area contributed by atoms with Gasteiger partial charge in [-0.25, -0.2) is 27.4 Å². The maximum atomic E-state index is 12.5. The Hall–Kier alpha value is -3.84. The van der Waals surface area contributed by atoms with E-state index >= 15 is 0 Å². The molecule has 168 valence electrons. The summed E-state index contributed by atoms with van der Waals surface area (Å²) >= 11 is 0. The topological polar surface area (TPSA) is 167 Å². The Morgan fingerprint density at radius 3 is 2.28 bits per heavy atom. The number of benzene rings is 2. The molecule has 1 amide bonds. The third-order valence-electron chi connectivity index (χ3n) is 4.24. The molecule has 12 nitrogen and oxygen atoms in total. The zero-order chi connectivity index (χ0) is 23.3. The molecule has 2 aromatic carbocycles. The van der Waals surface area contributed by atoms with Crippen molar-refractivity contribution in [2.24, 2.45) is 0 Å². The first kappa shape index (κ1) is 22.8. The van der Waals surface area contributed by atoms with Crippen LogP contribution in [0.1, 0.15) is 27.1 Å². The maximum absolute atomic E-state index is 12.5. The molecule has 0 saturated heterocycles. The third-order valence-corrected chi connectivity index (χ3v) is 5.73. The first-order valence-electron chi connectivity index (χ1n) is 9.07. The van der Waals surface area contributed by atoms with E-state index in [1.54, 1.807) is 6.07 Å². The Bertz CT molecular complexity index is 1250. The minimum atomic E-state index is -3.98. The number of hydrogen-bond acceptors (Lipinski definition) is 10. The van der Waals surface area contributed by atoms with Crippen molar-refractivity contribution in [2.75, 3.05) is 26.1 Å². The highest BCUT2D eigenvalue weighted by molar-refractivity contribution is 7.89. The van der Waals surface area contributed by atoms with Crippen molar-refractivity contribution in [1.82, 2.24) is 15.0 Å². The summed E-state index contributed by atoms with van der Waals surface area (Å²) in [6.45, 7) is -0.226. The van der Waals surface area contributed by atoms with Crippen molar-refractivity contribution in [1.29, 1.82) is 0 Å². The molecule has 2 N–H and O–H groups in total. The Morgan fingerprint density at radius 2 is 1.66 bits per heavy atom. The van der Waals surface area contributed by atoms with Gasteiger partial charge in [-0.05, 0) is 40.6 Å². The summed E-state index contributed by atoms with van der Waals surface area (Å²) in [5.41, 5.74) is 0.540. The van der Waals surface area contributed by atoms with Crippen LogP contribution in [0.5, 0.6) is 0 Å². The molecule has 0 radical (unpaired) electrons. The van der Waals surface area contributed by atoms with Crippen molar-refractivity contribution in [3.63, 3.8) is 0 Å². The molecule has 0 atom stereocenters. The number of hydrogen-bond donors (Lipinski definition) is 2. The number of anilines is 1. The maximum Gasteiger partial charge on any atom is 0.337 e. The van der Waals surface area contributed by atoms with Gasteiger partial charge in [0, 0.05) is 18.7 Å². The molecule has 32 heavy (non-hydrogen) atoms. The zero-order valence-electron chi connectivity index (χ0n) is 16.9. The van der Waals surface area contributed by atoms with Gasteiger partial charge in [0.25, 0.3) is 0 Å². The second-order valence-electron chi connectivity index (χ2n) is 6.37. The molecule has 3 rings (SSSR count). The average Bonchev–Trinajstić information content (AvgIpc) is 3.26. The second kappa shape index (κ2) is 9.53. The normalized spacial score (nSPS) is 11.2. The van der Waals surface area contributed by atoms with Gasteiger partial charge in [-0.1, -0.05) is 6.07 Å². The lowest BCUT2D eigenvalue weighted by molar-refractivity contribution is -0.116. The van der Waals surface area contributed by atoms with Gasteiger partial charge in [-0.2, -0.15) is 0 Å². The lowest BCUT2D eigenvalue weighted by Crippen LogP contribution is -2.28. The Labute approximate surface area is 181 Å². The van der Waals surface area contributed by atoms with Crippen molar-refractivity contribution < 1.29 is 36.9 Å². The molecule has 3 aromatic rings. The van der Waals surface area contributed by atoms with E-state index in [4.69, 9.17) is 0 Å². The fraction of sp³-hybridized carbons (Fsp3) is 0.211. The van der Waals surface area contributed by atoms with Gasteiger partial charge in [0.15, 0.2) is 5.52 Å². The number of nitrogens with one attached hydrogen (secondary N) is 2. The predicted molar refractivity (Wildman–Crippen MR) is 109 cm³/mol. The summed E-state index contributed by atoms with van der Waals surface area (Å²) in [6.07, 6.45) is -0.234. The van der Waals surface area contributed by atoms with Crippen LogP contribution in [0.15, 0.2) is 45.9 Å². The highest BCUT2D eigenvalue weighted by Gasteiger charge is 2.20. The number of rotatable bonds is 8.